The smallest absolute Gasteiger partial charge is 0.0714 e. The van der Waals surface area contributed by atoms with E-state index in [1.54, 1.807) is 0 Å². The normalized spacial score (nSPS) is 12.5. The summed E-state index contributed by atoms with van der Waals surface area (Å²) in [5.41, 5.74) is 23.7. The van der Waals surface area contributed by atoms with Gasteiger partial charge in [-0.3, -0.25) is 0 Å². The molecule has 406 valence electrons. The maximum absolute atomic E-state index is 2.49. The lowest BCUT2D eigenvalue weighted by atomic mass is 9.67. The van der Waals surface area contributed by atoms with Crippen molar-refractivity contribution < 1.29 is 0 Å². The van der Waals surface area contributed by atoms with Crippen LogP contribution in [0.4, 0.5) is 34.1 Å². The van der Waals surface area contributed by atoms with Gasteiger partial charge in [-0.25, -0.2) is 0 Å². The molecule has 0 saturated heterocycles. The third-order valence-corrected chi connectivity index (χ3v) is 18.0. The van der Waals surface area contributed by atoms with E-state index < -0.39 is 5.41 Å². The van der Waals surface area contributed by atoms with E-state index in [2.05, 4.69) is 341 Å². The number of fused-ring (bicyclic) bond motifs is 3. The summed E-state index contributed by atoms with van der Waals surface area (Å²) in [7, 11) is 0. The highest BCUT2D eigenvalue weighted by Gasteiger charge is 2.46. The molecule has 0 radical (unpaired) electrons. The summed E-state index contributed by atoms with van der Waals surface area (Å²) >= 11 is 0. The number of nitrogens with zero attached hydrogens (tertiary/aromatic N) is 2. The van der Waals surface area contributed by atoms with Crippen LogP contribution in [0.1, 0.15) is 72.9 Å². The maximum Gasteiger partial charge on any atom is 0.0714 e. The molecule has 0 aromatic heterocycles. The van der Waals surface area contributed by atoms with E-state index >= 15 is 0 Å². The third kappa shape index (κ3) is 8.62. The van der Waals surface area contributed by atoms with Gasteiger partial charge in [0.25, 0.3) is 0 Å². The summed E-state index contributed by atoms with van der Waals surface area (Å²) < 4.78 is 0. The molecule has 0 bridgehead atoms. The molecule has 0 fully saturated rings. The minimum Gasteiger partial charge on any atom is -0.310 e. The summed E-state index contributed by atoms with van der Waals surface area (Å²) in [6.07, 6.45) is 0. The summed E-state index contributed by atoms with van der Waals surface area (Å²) in [5, 5.41) is 7.30. The lowest BCUT2D eigenvalue weighted by Crippen LogP contribution is -2.29. The zero-order valence-electron chi connectivity index (χ0n) is 48.4. The van der Waals surface area contributed by atoms with Gasteiger partial charge in [0.1, 0.15) is 0 Å². The summed E-state index contributed by atoms with van der Waals surface area (Å²) in [6.45, 7) is 9.13. The number of benzene rings is 14. The van der Waals surface area contributed by atoms with Crippen LogP contribution in [0.25, 0.3) is 76.8 Å². The highest BCUT2D eigenvalue weighted by atomic mass is 15.1. The van der Waals surface area contributed by atoms with Crippen LogP contribution in [0.15, 0.2) is 303 Å². The van der Waals surface area contributed by atoms with Gasteiger partial charge in [0.2, 0.25) is 0 Å². The molecule has 14 aromatic carbocycles. The summed E-state index contributed by atoms with van der Waals surface area (Å²) in [6, 6.07) is 113. The van der Waals surface area contributed by atoms with Crippen LogP contribution in [0.5, 0.6) is 0 Å². The van der Waals surface area contributed by atoms with Crippen molar-refractivity contribution in [2.45, 2.75) is 44.9 Å². The summed E-state index contributed by atoms with van der Waals surface area (Å²) in [5.74, 6) is 0.816. The standard InChI is InChI=1S/C83H64N2/c1-55(2)59-23-19-25-61(51-59)69-35-11-13-37-71(69)72-38-14-12-36-70(72)62-26-21-33-67(53-62)84(65-29-7-5-8-30-65)79-49-45-57-44-48-76-80(50-46-58-43-47-75(79)81(57)82(58)76)85(66-31-9-6-10-32-66)68-34-22-28-64(54-68)83(63-27-20-24-60(52-63)56(3)4)77-41-17-15-39-73(77)74-40-16-18-42-78(74)83/h5-56H,1-4H3. The molecule has 85 heavy (non-hydrogen) atoms. The van der Waals surface area contributed by atoms with Crippen molar-refractivity contribution in [1.29, 1.82) is 0 Å². The molecule has 15 rings (SSSR count). The van der Waals surface area contributed by atoms with Gasteiger partial charge in [-0.15, -0.1) is 0 Å². The van der Waals surface area contributed by atoms with E-state index in [0.29, 0.717) is 11.8 Å². The Kier molecular flexibility index (Phi) is 12.8. The summed E-state index contributed by atoms with van der Waals surface area (Å²) in [4.78, 5) is 4.94. The SMILES string of the molecule is CC(C)c1cccc(-c2ccccc2-c2ccccc2-c2cccc(N(c3ccccc3)c3ccc4ccc5c(N(c6ccccc6)c6cccc(C7(c8cccc(C(C)C)c8)c8ccccc8-c8ccccc87)c6)ccc6ccc3c4c65)c2)c1. The molecule has 0 saturated carbocycles. The van der Waals surface area contributed by atoms with Gasteiger partial charge in [0.05, 0.1) is 16.8 Å². The molecular formula is C83H64N2. The van der Waals surface area contributed by atoms with E-state index in [4.69, 9.17) is 0 Å². The van der Waals surface area contributed by atoms with E-state index in [9.17, 15) is 0 Å². The first-order valence-corrected chi connectivity index (χ1v) is 30.0. The third-order valence-electron chi connectivity index (χ3n) is 18.0. The van der Waals surface area contributed by atoms with Crippen LogP contribution < -0.4 is 9.80 Å². The quantitative estimate of drug-likeness (QED) is 0.106. The van der Waals surface area contributed by atoms with Crippen LogP contribution in [-0.4, -0.2) is 0 Å². The number of anilines is 6. The average Bonchev–Trinajstić information content (AvgIpc) is 1.73. The lowest BCUT2D eigenvalue weighted by molar-refractivity contribution is 0.760. The van der Waals surface area contributed by atoms with Gasteiger partial charge in [0, 0.05) is 33.5 Å². The fourth-order valence-electron chi connectivity index (χ4n) is 14.0. The average molecular weight is 1090 g/mol. The van der Waals surface area contributed by atoms with E-state index in [1.165, 1.54) is 105 Å². The van der Waals surface area contributed by atoms with Crippen LogP contribution in [0.2, 0.25) is 0 Å². The Morgan fingerprint density at radius 1 is 0.271 bits per heavy atom. The zero-order valence-corrected chi connectivity index (χ0v) is 48.4. The number of para-hydroxylation sites is 2. The maximum atomic E-state index is 2.49. The molecule has 0 amide bonds. The lowest BCUT2D eigenvalue weighted by Gasteiger charge is -2.35. The fourth-order valence-corrected chi connectivity index (χ4v) is 14.0. The molecule has 0 spiro atoms. The van der Waals surface area contributed by atoms with Gasteiger partial charge in [0.15, 0.2) is 0 Å². The molecule has 0 atom stereocenters. The monoisotopic (exact) mass is 1090 g/mol. The molecule has 0 N–H and O–H groups in total. The molecule has 0 aliphatic heterocycles. The largest absolute Gasteiger partial charge is 0.310 e. The van der Waals surface area contributed by atoms with E-state index in [0.717, 1.165) is 39.7 Å². The van der Waals surface area contributed by atoms with Gasteiger partial charge in [-0.05, 0) is 172 Å². The van der Waals surface area contributed by atoms with Crippen LogP contribution in [0, 0.1) is 0 Å². The topological polar surface area (TPSA) is 6.48 Å². The van der Waals surface area contributed by atoms with Crippen molar-refractivity contribution in [3.05, 3.63) is 337 Å². The van der Waals surface area contributed by atoms with Gasteiger partial charge >= 0.3 is 0 Å². The highest BCUT2D eigenvalue weighted by Crippen LogP contribution is 2.57. The Morgan fingerprint density at radius 2 is 0.647 bits per heavy atom. The zero-order chi connectivity index (χ0) is 57.2. The Hall–Kier alpha value is -10.3. The van der Waals surface area contributed by atoms with Crippen LogP contribution >= 0.6 is 0 Å². The Balaban J connectivity index is 0.895. The second-order valence-electron chi connectivity index (χ2n) is 23.5. The predicted octanol–water partition coefficient (Wildman–Crippen LogP) is 23.1. The van der Waals surface area contributed by atoms with Crippen molar-refractivity contribution >= 4 is 66.4 Å². The molecule has 0 heterocycles. The molecular weight excluding hydrogens is 1020 g/mol. The molecule has 1 aliphatic carbocycles. The Labute approximate surface area is 499 Å². The molecule has 2 nitrogen and oxygen atoms in total. The Morgan fingerprint density at radius 3 is 1.16 bits per heavy atom. The molecule has 0 unspecified atom stereocenters. The number of hydrogen-bond donors (Lipinski definition) is 0. The highest BCUT2D eigenvalue weighted by molar-refractivity contribution is 6.28. The second kappa shape index (κ2) is 21.2. The van der Waals surface area contributed by atoms with Crippen molar-refractivity contribution in [3.63, 3.8) is 0 Å². The van der Waals surface area contributed by atoms with Crippen LogP contribution in [-0.2, 0) is 5.41 Å². The minimum atomic E-state index is -0.561. The minimum absolute atomic E-state index is 0.378. The van der Waals surface area contributed by atoms with Crippen molar-refractivity contribution in [2.24, 2.45) is 0 Å². The van der Waals surface area contributed by atoms with Gasteiger partial charge < -0.3 is 9.80 Å². The van der Waals surface area contributed by atoms with E-state index in [-0.39, 0.29) is 0 Å². The predicted molar refractivity (Wildman–Crippen MR) is 361 cm³/mol. The van der Waals surface area contributed by atoms with Crippen LogP contribution in [0.3, 0.4) is 0 Å². The number of hydrogen-bond acceptors (Lipinski definition) is 2. The van der Waals surface area contributed by atoms with E-state index in [1.807, 2.05) is 0 Å². The first-order valence-electron chi connectivity index (χ1n) is 30.0. The van der Waals surface area contributed by atoms with Crippen molar-refractivity contribution in [3.8, 4) is 44.5 Å². The Bertz CT molecular complexity index is 4760. The number of rotatable bonds is 13. The van der Waals surface area contributed by atoms with Gasteiger partial charge in [-0.1, -0.05) is 270 Å². The second-order valence-corrected chi connectivity index (χ2v) is 23.5. The first kappa shape index (κ1) is 51.6. The fraction of sp³-hybridized carbons (Fsp3) is 0.0843. The van der Waals surface area contributed by atoms with Crippen molar-refractivity contribution in [2.75, 3.05) is 9.80 Å². The molecule has 1 aliphatic rings. The van der Waals surface area contributed by atoms with Gasteiger partial charge in [-0.2, -0.15) is 0 Å². The first-order chi connectivity index (χ1) is 41.8. The molecule has 2 heteroatoms. The molecule has 14 aromatic rings. The van der Waals surface area contributed by atoms with Crippen molar-refractivity contribution in [1.82, 2.24) is 0 Å².